The van der Waals surface area contributed by atoms with E-state index in [-0.39, 0.29) is 11.0 Å². The number of alkyl halides is 3. The SMILES string of the molecule is CCCCCCCCCCCCC(C)(C)Cn1ccc(C(=O)OCC(F)(F)F)c1. The molecule has 0 saturated heterocycles. The predicted octanol–water partition coefficient (Wildman–Crippen LogP) is 7.54. The van der Waals surface area contributed by atoms with E-state index in [1.807, 2.05) is 4.57 Å². The van der Waals surface area contributed by atoms with Crippen LogP contribution in [0, 0.1) is 5.41 Å². The highest BCUT2D eigenvalue weighted by atomic mass is 19.4. The Morgan fingerprint density at radius 1 is 0.966 bits per heavy atom. The highest BCUT2D eigenvalue weighted by molar-refractivity contribution is 5.89. The molecule has 168 valence electrons. The maximum Gasteiger partial charge on any atom is 0.422 e. The number of halogens is 3. The van der Waals surface area contributed by atoms with Crippen molar-refractivity contribution in [1.82, 2.24) is 4.57 Å². The van der Waals surface area contributed by atoms with Gasteiger partial charge in [0.1, 0.15) is 0 Å². The summed E-state index contributed by atoms with van der Waals surface area (Å²) in [5.41, 5.74) is 0.218. The molecule has 1 rings (SSSR count). The zero-order valence-corrected chi connectivity index (χ0v) is 18.3. The zero-order valence-electron chi connectivity index (χ0n) is 18.3. The molecule has 6 heteroatoms. The second-order valence-electron chi connectivity index (χ2n) is 8.86. The third-order valence-corrected chi connectivity index (χ3v) is 5.17. The lowest BCUT2D eigenvalue weighted by molar-refractivity contribution is -0.161. The Labute approximate surface area is 174 Å². The van der Waals surface area contributed by atoms with Crippen LogP contribution in [0.2, 0.25) is 0 Å². The summed E-state index contributed by atoms with van der Waals surface area (Å²) in [6, 6.07) is 1.51. The summed E-state index contributed by atoms with van der Waals surface area (Å²) < 4.78 is 42.6. The molecular formula is C23H38F3NO2. The van der Waals surface area contributed by atoms with Gasteiger partial charge in [0.2, 0.25) is 0 Å². The topological polar surface area (TPSA) is 31.2 Å². The van der Waals surface area contributed by atoms with Crippen molar-refractivity contribution in [3.05, 3.63) is 24.0 Å². The third kappa shape index (κ3) is 12.7. The van der Waals surface area contributed by atoms with E-state index in [1.165, 1.54) is 70.3 Å². The van der Waals surface area contributed by atoms with Crippen LogP contribution in [0.3, 0.4) is 0 Å². The number of ether oxygens (including phenoxy) is 1. The first kappa shape index (κ1) is 25.6. The fourth-order valence-corrected chi connectivity index (χ4v) is 3.55. The number of aromatic nitrogens is 1. The molecule has 0 radical (unpaired) electrons. The first-order chi connectivity index (χ1) is 13.6. The fourth-order valence-electron chi connectivity index (χ4n) is 3.55. The van der Waals surface area contributed by atoms with Gasteiger partial charge in [-0.1, -0.05) is 85.0 Å². The van der Waals surface area contributed by atoms with E-state index in [0.717, 1.165) is 13.0 Å². The summed E-state index contributed by atoms with van der Waals surface area (Å²) in [6.45, 7) is 5.77. The molecule has 0 aromatic carbocycles. The summed E-state index contributed by atoms with van der Waals surface area (Å²) >= 11 is 0. The molecule has 1 aromatic rings. The van der Waals surface area contributed by atoms with Crippen molar-refractivity contribution in [2.45, 2.75) is 104 Å². The number of hydrogen-bond acceptors (Lipinski definition) is 2. The van der Waals surface area contributed by atoms with Gasteiger partial charge in [0.05, 0.1) is 5.56 Å². The monoisotopic (exact) mass is 417 g/mol. The average molecular weight is 418 g/mol. The fraction of sp³-hybridized carbons (Fsp3) is 0.783. The second kappa shape index (κ2) is 13.0. The highest BCUT2D eigenvalue weighted by Gasteiger charge is 2.30. The van der Waals surface area contributed by atoms with Crippen molar-refractivity contribution in [2.24, 2.45) is 5.41 Å². The van der Waals surface area contributed by atoms with Gasteiger partial charge in [-0.3, -0.25) is 0 Å². The van der Waals surface area contributed by atoms with Crippen LogP contribution in [0.25, 0.3) is 0 Å². The standard InChI is InChI=1S/C23H38F3NO2/c1-4-5-6-7-8-9-10-11-12-13-15-22(2,3)18-27-16-14-20(17-27)21(28)29-19-23(24,25)26/h14,16-17H,4-13,15,18-19H2,1-3H3. The molecule has 0 spiro atoms. The van der Waals surface area contributed by atoms with Crippen molar-refractivity contribution in [3.63, 3.8) is 0 Å². The molecule has 0 aliphatic carbocycles. The molecule has 0 atom stereocenters. The van der Waals surface area contributed by atoms with Crippen molar-refractivity contribution < 1.29 is 22.7 Å². The van der Waals surface area contributed by atoms with Crippen molar-refractivity contribution in [3.8, 4) is 0 Å². The van der Waals surface area contributed by atoms with E-state index in [0.29, 0.717) is 0 Å². The summed E-state index contributed by atoms with van der Waals surface area (Å²) in [6.07, 6.45) is 12.9. The molecule has 0 aliphatic heterocycles. The Morgan fingerprint density at radius 2 is 1.52 bits per heavy atom. The van der Waals surface area contributed by atoms with Crippen LogP contribution >= 0.6 is 0 Å². The molecular weight excluding hydrogens is 379 g/mol. The van der Waals surface area contributed by atoms with Crippen LogP contribution in [0.1, 0.15) is 102 Å². The lowest BCUT2D eigenvalue weighted by Crippen LogP contribution is -2.20. The Bertz CT molecular complexity index is 579. The van der Waals surface area contributed by atoms with Gasteiger partial charge < -0.3 is 9.30 Å². The first-order valence-corrected chi connectivity index (χ1v) is 11.0. The number of esters is 1. The van der Waals surface area contributed by atoms with Gasteiger partial charge in [0.15, 0.2) is 6.61 Å². The zero-order chi connectivity index (χ0) is 21.8. The van der Waals surface area contributed by atoms with Gasteiger partial charge in [-0.25, -0.2) is 4.79 Å². The number of carbonyl (C=O) groups excluding carboxylic acids is 1. The lowest BCUT2D eigenvalue weighted by Gasteiger charge is -2.25. The predicted molar refractivity (Wildman–Crippen MR) is 111 cm³/mol. The largest absolute Gasteiger partial charge is 0.452 e. The van der Waals surface area contributed by atoms with Gasteiger partial charge in [-0.2, -0.15) is 13.2 Å². The number of nitrogens with zero attached hydrogens (tertiary/aromatic N) is 1. The summed E-state index contributed by atoms with van der Waals surface area (Å²) in [7, 11) is 0. The minimum Gasteiger partial charge on any atom is -0.452 e. The van der Waals surface area contributed by atoms with Crippen molar-refractivity contribution in [1.29, 1.82) is 0 Å². The van der Waals surface area contributed by atoms with Crippen LogP contribution in [-0.2, 0) is 11.3 Å². The first-order valence-electron chi connectivity index (χ1n) is 11.0. The van der Waals surface area contributed by atoms with Crippen LogP contribution in [-0.4, -0.2) is 23.3 Å². The molecule has 1 heterocycles. The molecule has 0 fully saturated rings. The summed E-state index contributed by atoms with van der Waals surface area (Å²) in [4.78, 5) is 11.7. The lowest BCUT2D eigenvalue weighted by atomic mass is 9.86. The number of carbonyl (C=O) groups is 1. The van der Waals surface area contributed by atoms with E-state index >= 15 is 0 Å². The van der Waals surface area contributed by atoms with Crippen LogP contribution in [0.15, 0.2) is 18.5 Å². The molecule has 3 nitrogen and oxygen atoms in total. The number of hydrogen-bond donors (Lipinski definition) is 0. The minimum absolute atomic E-state index is 0.0618. The summed E-state index contributed by atoms with van der Waals surface area (Å²) in [5, 5.41) is 0. The van der Waals surface area contributed by atoms with Gasteiger partial charge in [0.25, 0.3) is 0 Å². The molecule has 0 saturated carbocycles. The van der Waals surface area contributed by atoms with Gasteiger partial charge in [-0.15, -0.1) is 0 Å². The third-order valence-electron chi connectivity index (χ3n) is 5.17. The maximum atomic E-state index is 12.2. The van der Waals surface area contributed by atoms with Crippen LogP contribution < -0.4 is 0 Å². The van der Waals surface area contributed by atoms with E-state index < -0.39 is 18.8 Å². The van der Waals surface area contributed by atoms with Gasteiger partial charge in [0, 0.05) is 18.9 Å². The molecule has 0 bridgehead atoms. The van der Waals surface area contributed by atoms with Crippen molar-refractivity contribution >= 4 is 5.97 Å². The molecule has 0 aliphatic rings. The average Bonchev–Trinajstić information content (AvgIpc) is 3.08. The van der Waals surface area contributed by atoms with Crippen LogP contribution in [0.4, 0.5) is 13.2 Å². The van der Waals surface area contributed by atoms with Gasteiger partial charge in [-0.05, 0) is 17.9 Å². The maximum absolute atomic E-state index is 12.2. The molecule has 0 unspecified atom stereocenters. The highest BCUT2D eigenvalue weighted by Crippen LogP contribution is 2.27. The Morgan fingerprint density at radius 3 is 2.07 bits per heavy atom. The Balaban J connectivity index is 2.22. The van der Waals surface area contributed by atoms with Gasteiger partial charge >= 0.3 is 12.1 Å². The normalized spacial score (nSPS) is 12.3. The molecule has 0 N–H and O–H groups in total. The van der Waals surface area contributed by atoms with Crippen molar-refractivity contribution in [2.75, 3.05) is 6.61 Å². The Kier molecular flexibility index (Phi) is 11.4. The van der Waals surface area contributed by atoms with E-state index in [1.54, 1.807) is 12.4 Å². The van der Waals surface area contributed by atoms with E-state index in [9.17, 15) is 18.0 Å². The summed E-state index contributed by atoms with van der Waals surface area (Å²) in [5.74, 6) is -0.937. The number of rotatable bonds is 15. The minimum atomic E-state index is -4.50. The Hall–Kier alpha value is -1.46. The van der Waals surface area contributed by atoms with E-state index in [4.69, 9.17) is 0 Å². The molecule has 29 heavy (non-hydrogen) atoms. The molecule has 0 amide bonds. The van der Waals surface area contributed by atoms with Crippen LogP contribution in [0.5, 0.6) is 0 Å². The van der Waals surface area contributed by atoms with E-state index in [2.05, 4.69) is 25.5 Å². The quantitative estimate of drug-likeness (QED) is 0.218. The number of unbranched alkanes of at least 4 members (excludes halogenated alkanes) is 9. The molecule has 1 aromatic heterocycles. The smallest absolute Gasteiger partial charge is 0.422 e. The second-order valence-corrected chi connectivity index (χ2v) is 8.86.